The zero-order chi connectivity index (χ0) is 18.2. The van der Waals surface area contributed by atoms with Gasteiger partial charge in [-0.3, -0.25) is 0 Å². The molecular weight excluding hydrogens is 340 g/mol. The number of hydrogen-bond acceptors (Lipinski definition) is 6. The van der Waals surface area contributed by atoms with E-state index in [1.807, 2.05) is 10.9 Å². The Morgan fingerprint density at radius 3 is 2.78 bits per heavy atom. The molecule has 2 N–H and O–H groups in total. The van der Waals surface area contributed by atoms with Crippen LogP contribution in [0.25, 0.3) is 16.7 Å². The number of nitrogens with one attached hydrogen (secondary N) is 2. The maximum atomic E-state index is 6.16. The van der Waals surface area contributed by atoms with Crippen molar-refractivity contribution in [3.05, 3.63) is 36.3 Å². The summed E-state index contributed by atoms with van der Waals surface area (Å²) >= 11 is 0. The van der Waals surface area contributed by atoms with Crippen LogP contribution in [0.15, 0.2) is 30.7 Å². The summed E-state index contributed by atoms with van der Waals surface area (Å²) in [5.74, 6) is 0.628. The summed E-state index contributed by atoms with van der Waals surface area (Å²) in [4.78, 5) is 8.84. The average Bonchev–Trinajstić information content (AvgIpc) is 3.39. The number of aryl methyl sites for hydroxylation is 1. The number of hydrogen-bond donors (Lipinski definition) is 2. The minimum atomic E-state index is 0.196. The minimum Gasteiger partial charge on any atom is -0.474 e. The van der Waals surface area contributed by atoms with Crippen molar-refractivity contribution in [2.45, 2.75) is 44.8 Å². The quantitative estimate of drug-likeness (QED) is 0.725. The molecule has 1 aliphatic carbocycles. The zero-order valence-corrected chi connectivity index (χ0v) is 15.5. The molecule has 5 rings (SSSR count). The fraction of sp³-hybridized carbons (Fsp3) is 0.450. The molecular formula is C20H24N6O. The SMILES string of the molecule is Cc1cc(NC2CC2)ccc1-n1ncc2c(OC3CCNCC3)ncnc21. The van der Waals surface area contributed by atoms with Crippen molar-refractivity contribution in [1.82, 2.24) is 25.1 Å². The summed E-state index contributed by atoms with van der Waals surface area (Å²) in [7, 11) is 0. The summed E-state index contributed by atoms with van der Waals surface area (Å²) in [6.45, 7) is 4.08. The second-order valence-electron chi connectivity index (χ2n) is 7.46. The van der Waals surface area contributed by atoms with Crippen LogP contribution in [0.4, 0.5) is 5.69 Å². The van der Waals surface area contributed by atoms with E-state index in [9.17, 15) is 0 Å². The number of aromatic nitrogens is 4. The van der Waals surface area contributed by atoms with Gasteiger partial charge in [-0.2, -0.15) is 5.10 Å². The van der Waals surface area contributed by atoms with Gasteiger partial charge in [0.25, 0.3) is 0 Å². The van der Waals surface area contributed by atoms with Crippen LogP contribution in [0.3, 0.4) is 0 Å². The molecule has 3 heterocycles. The van der Waals surface area contributed by atoms with Crippen LogP contribution in [-0.2, 0) is 0 Å². The lowest BCUT2D eigenvalue weighted by Crippen LogP contribution is -2.34. The summed E-state index contributed by atoms with van der Waals surface area (Å²) in [5, 5.41) is 12.3. The van der Waals surface area contributed by atoms with E-state index in [-0.39, 0.29) is 6.10 Å². The molecule has 7 heteroatoms. The highest BCUT2D eigenvalue weighted by Gasteiger charge is 2.22. The van der Waals surface area contributed by atoms with Gasteiger partial charge in [0.15, 0.2) is 5.65 Å². The van der Waals surface area contributed by atoms with E-state index in [1.54, 1.807) is 6.33 Å². The predicted octanol–water partition coefficient (Wildman–Crippen LogP) is 2.83. The highest BCUT2D eigenvalue weighted by atomic mass is 16.5. The maximum Gasteiger partial charge on any atom is 0.228 e. The monoisotopic (exact) mass is 364 g/mol. The summed E-state index contributed by atoms with van der Waals surface area (Å²) in [6, 6.07) is 7.03. The van der Waals surface area contributed by atoms with Gasteiger partial charge in [0, 0.05) is 11.7 Å². The van der Waals surface area contributed by atoms with E-state index >= 15 is 0 Å². The first kappa shape index (κ1) is 16.5. The molecule has 0 spiro atoms. The Morgan fingerprint density at radius 2 is 2.00 bits per heavy atom. The second kappa shape index (κ2) is 6.81. The Labute approximate surface area is 158 Å². The normalized spacial score (nSPS) is 18.0. The molecule has 2 fully saturated rings. The van der Waals surface area contributed by atoms with Gasteiger partial charge in [0.05, 0.1) is 11.9 Å². The first-order valence-corrected chi connectivity index (χ1v) is 9.71. The van der Waals surface area contributed by atoms with Crippen molar-refractivity contribution >= 4 is 16.7 Å². The lowest BCUT2D eigenvalue weighted by Gasteiger charge is -2.23. The van der Waals surface area contributed by atoms with Crippen LogP contribution < -0.4 is 15.4 Å². The Bertz CT molecular complexity index is 958. The van der Waals surface area contributed by atoms with E-state index in [0.29, 0.717) is 11.9 Å². The first-order valence-electron chi connectivity index (χ1n) is 9.71. The van der Waals surface area contributed by atoms with Crippen molar-refractivity contribution < 1.29 is 4.74 Å². The first-order chi connectivity index (χ1) is 13.3. The van der Waals surface area contributed by atoms with Crippen LogP contribution in [0.2, 0.25) is 0 Å². The molecule has 0 bridgehead atoms. The van der Waals surface area contributed by atoms with Crippen molar-refractivity contribution in [3.8, 4) is 11.6 Å². The van der Waals surface area contributed by atoms with Gasteiger partial charge in [-0.1, -0.05) is 0 Å². The lowest BCUT2D eigenvalue weighted by atomic mass is 10.1. The van der Waals surface area contributed by atoms with Gasteiger partial charge in [-0.15, -0.1) is 0 Å². The number of rotatable bonds is 5. The average molecular weight is 364 g/mol. The maximum absolute atomic E-state index is 6.16. The van der Waals surface area contributed by atoms with E-state index in [0.717, 1.165) is 48.2 Å². The Balaban J connectivity index is 1.46. The van der Waals surface area contributed by atoms with E-state index in [4.69, 9.17) is 4.74 Å². The molecule has 140 valence electrons. The van der Waals surface area contributed by atoms with Crippen molar-refractivity contribution in [3.63, 3.8) is 0 Å². The molecule has 2 aromatic heterocycles. The van der Waals surface area contributed by atoms with Gasteiger partial charge >= 0.3 is 0 Å². The molecule has 0 unspecified atom stereocenters. The number of benzene rings is 1. The Morgan fingerprint density at radius 1 is 1.15 bits per heavy atom. The standard InChI is InChI=1S/C20H24N6O/c1-13-10-15(25-14-2-3-14)4-5-18(13)26-19-17(11-24-26)20(23-12-22-19)27-16-6-8-21-9-7-16/h4-5,10-12,14,16,21,25H,2-3,6-9H2,1H3. The lowest BCUT2D eigenvalue weighted by molar-refractivity contribution is 0.158. The molecule has 7 nitrogen and oxygen atoms in total. The van der Waals surface area contributed by atoms with Crippen molar-refractivity contribution in [1.29, 1.82) is 0 Å². The summed E-state index contributed by atoms with van der Waals surface area (Å²) < 4.78 is 8.04. The van der Waals surface area contributed by atoms with Crippen LogP contribution >= 0.6 is 0 Å². The molecule has 3 aromatic rings. The van der Waals surface area contributed by atoms with Crippen LogP contribution in [-0.4, -0.2) is 45.0 Å². The van der Waals surface area contributed by atoms with Gasteiger partial charge in [0.2, 0.25) is 5.88 Å². The number of piperidine rings is 1. The Kier molecular flexibility index (Phi) is 4.16. The van der Waals surface area contributed by atoms with Crippen LogP contribution in [0.1, 0.15) is 31.2 Å². The van der Waals surface area contributed by atoms with Gasteiger partial charge in [-0.05, 0) is 69.5 Å². The smallest absolute Gasteiger partial charge is 0.228 e. The zero-order valence-electron chi connectivity index (χ0n) is 15.5. The highest BCUT2D eigenvalue weighted by molar-refractivity contribution is 5.81. The fourth-order valence-corrected chi connectivity index (χ4v) is 3.61. The molecule has 1 saturated carbocycles. The molecule has 2 aliphatic rings. The van der Waals surface area contributed by atoms with Crippen LogP contribution in [0.5, 0.6) is 5.88 Å². The number of anilines is 1. The molecule has 0 atom stereocenters. The molecule has 1 aliphatic heterocycles. The van der Waals surface area contributed by atoms with Gasteiger partial charge in [0.1, 0.15) is 17.8 Å². The second-order valence-corrected chi connectivity index (χ2v) is 7.46. The topological polar surface area (TPSA) is 76.9 Å². The Hall–Kier alpha value is -2.67. The van der Waals surface area contributed by atoms with Gasteiger partial charge < -0.3 is 15.4 Å². The molecule has 1 aromatic carbocycles. The number of nitrogens with zero attached hydrogens (tertiary/aromatic N) is 4. The minimum absolute atomic E-state index is 0.196. The largest absolute Gasteiger partial charge is 0.474 e. The van der Waals surface area contributed by atoms with Crippen molar-refractivity contribution in [2.24, 2.45) is 0 Å². The third-order valence-corrected chi connectivity index (χ3v) is 5.27. The summed E-state index contributed by atoms with van der Waals surface area (Å²) in [5.41, 5.74) is 4.13. The third kappa shape index (κ3) is 3.35. The fourth-order valence-electron chi connectivity index (χ4n) is 3.61. The van der Waals surface area contributed by atoms with E-state index in [2.05, 4.69) is 50.8 Å². The number of fused-ring (bicyclic) bond motifs is 1. The van der Waals surface area contributed by atoms with Crippen LogP contribution in [0, 0.1) is 6.92 Å². The molecule has 27 heavy (non-hydrogen) atoms. The molecule has 0 amide bonds. The summed E-state index contributed by atoms with van der Waals surface area (Å²) in [6.07, 6.45) is 8.09. The van der Waals surface area contributed by atoms with E-state index < -0.39 is 0 Å². The van der Waals surface area contributed by atoms with Crippen molar-refractivity contribution in [2.75, 3.05) is 18.4 Å². The predicted molar refractivity (Wildman–Crippen MR) is 105 cm³/mol. The third-order valence-electron chi connectivity index (χ3n) is 5.27. The number of ether oxygens (including phenoxy) is 1. The van der Waals surface area contributed by atoms with Gasteiger partial charge in [-0.25, -0.2) is 14.6 Å². The van der Waals surface area contributed by atoms with E-state index in [1.165, 1.54) is 18.5 Å². The highest BCUT2D eigenvalue weighted by Crippen LogP contribution is 2.29. The molecule has 0 radical (unpaired) electrons. The molecule has 1 saturated heterocycles.